The van der Waals surface area contributed by atoms with E-state index in [1.54, 1.807) is 31.2 Å². The zero-order valence-electron chi connectivity index (χ0n) is 15.3. The summed E-state index contributed by atoms with van der Waals surface area (Å²) >= 11 is 5.91. The molecule has 2 amide bonds. The second-order valence-electron chi connectivity index (χ2n) is 6.38. The van der Waals surface area contributed by atoms with Gasteiger partial charge in [-0.05, 0) is 55.3 Å². The Bertz CT molecular complexity index is 1040. The molecule has 0 aromatic heterocycles. The molecular weight excluding hydrogens is 404 g/mol. The molecule has 0 bridgehead atoms. The molecule has 7 nitrogen and oxygen atoms in total. The molecule has 0 saturated carbocycles. The molecule has 1 aliphatic heterocycles. The van der Waals surface area contributed by atoms with E-state index in [1.807, 2.05) is 0 Å². The lowest BCUT2D eigenvalue weighted by atomic mass is 10.2. The van der Waals surface area contributed by atoms with Gasteiger partial charge in [0.1, 0.15) is 11.8 Å². The molecule has 1 aliphatic rings. The predicted molar refractivity (Wildman–Crippen MR) is 105 cm³/mol. The summed E-state index contributed by atoms with van der Waals surface area (Å²) in [5.74, 6) is -0.663. The summed E-state index contributed by atoms with van der Waals surface area (Å²) in [6, 6.07) is 9.66. The van der Waals surface area contributed by atoms with Crippen molar-refractivity contribution in [3.05, 3.63) is 53.1 Å². The van der Waals surface area contributed by atoms with Crippen LogP contribution in [0.25, 0.3) is 0 Å². The van der Waals surface area contributed by atoms with Crippen LogP contribution < -0.4 is 10.1 Å². The van der Waals surface area contributed by atoms with E-state index in [0.29, 0.717) is 26.3 Å². The normalized spacial score (nSPS) is 16.9. The van der Waals surface area contributed by atoms with E-state index in [9.17, 15) is 18.0 Å². The summed E-state index contributed by atoms with van der Waals surface area (Å²) in [5.41, 5.74) is 1.03. The van der Waals surface area contributed by atoms with Crippen LogP contribution in [-0.2, 0) is 19.6 Å². The fourth-order valence-corrected chi connectivity index (χ4v) is 5.00. The fourth-order valence-electron chi connectivity index (χ4n) is 3.12. The van der Waals surface area contributed by atoms with Gasteiger partial charge in [0, 0.05) is 17.1 Å². The zero-order chi connectivity index (χ0) is 20.5. The molecule has 0 radical (unpaired) electrons. The van der Waals surface area contributed by atoms with Crippen LogP contribution in [0.15, 0.2) is 47.4 Å². The topological polar surface area (TPSA) is 92.8 Å². The number of hydrogen-bond donors (Lipinski definition) is 1. The van der Waals surface area contributed by atoms with Crippen molar-refractivity contribution >= 4 is 39.1 Å². The third-order valence-electron chi connectivity index (χ3n) is 4.48. The Hall–Kier alpha value is -2.58. The summed E-state index contributed by atoms with van der Waals surface area (Å²) in [6.45, 7) is 1.70. The molecule has 28 heavy (non-hydrogen) atoms. The molecule has 1 saturated heterocycles. The van der Waals surface area contributed by atoms with E-state index >= 15 is 0 Å². The Morgan fingerprint density at radius 3 is 2.64 bits per heavy atom. The van der Waals surface area contributed by atoms with E-state index < -0.39 is 27.9 Å². The first-order valence-electron chi connectivity index (χ1n) is 8.52. The van der Waals surface area contributed by atoms with Gasteiger partial charge in [-0.15, -0.1) is 0 Å². The number of ether oxygens (including phenoxy) is 1. The van der Waals surface area contributed by atoms with E-state index in [-0.39, 0.29) is 17.7 Å². The fraction of sp³-hybridized carbons (Fsp3) is 0.263. The van der Waals surface area contributed by atoms with Gasteiger partial charge >= 0.3 is 0 Å². The minimum Gasteiger partial charge on any atom is -0.496 e. The van der Waals surface area contributed by atoms with Crippen LogP contribution in [0, 0.1) is 6.92 Å². The van der Waals surface area contributed by atoms with Crippen LogP contribution in [0.3, 0.4) is 0 Å². The van der Waals surface area contributed by atoms with Crippen molar-refractivity contribution in [2.75, 3.05) is 12.4 Å². The van der Waals surface area contributed by atoms with Gasteiger partial charge in [-0.2, -0.15) is 0 Å². The number of hydrogen-bond acceptors (Lipinski definition) is 5. The molecule has 3 rings (SSSR count). The number of benzene rings is 2. The Morgan fingerprint density at radius 1 is 1.25 bits per heavy atom. The minimum absolute atomic E-state index is 0.0258. The van der Waals surface area contributed by atoms with Gasteiger partial charge in [0.05, 0.1) is 12.0 Å². The monoisotopic (exact) mass is 422 g/mol. The molecule has 0 spiro atoms. The molecule has 9 heteroatoms. The number of methoxy groups -OCH3 is 1. The highest BCUT2D eigenvalue weighted by molar-refractivity contribution is 7.89. The van der Waals surface area contributed by atoms with E-state index in [2.05, 4.69) is 5.32 Å². The van der Waals surface area contributed by atoms with E-state index in [1.165, 1.54) is 25.3 Å². The van der Waals surface area contributed by atoms with E-state index in [0.717, 1.165) is 0 Å². The van der Waals surface area contributed by atoms with Crippen molar-refractivity contribution < 1.29 is 22.7 Å². The number of anilines is 1. The number of rotatable bonds is 5. The quantitative estimate of drug-likeness (QED) is 0.799. The Kier molecular flexibility index (Phi) is 5.62. The van der Waals surface area contributed by atoms with Gasteiger partial charge in [0.25, 0.3) is 10.0 Å². The number of nitrogens with zero attached hydrogens (tertiary/aromatic N) is 1. The van der Waals surface area contributed by atoms with Crippen LogP contribution >= 0.6 is 11.6 Å². The van der Waals surface area contributed by atoms with Crippen LogP contribution in [0.4, 0.5) is 5.69 Å². The number of sulfonamides is 1. The second-order valence-corrected chi connectivity index (χ2v) is 8.63. The molecule has 1 atom stereocenters. The Morgan fingerprint density at radius 2 is 2.00 bits per heavy atom. The van der Waals surface area contributed by atoms with Crippen molar-refractivity contribution in [2.45, 2.75) is 30.7 Å². The van der Waals surface area contributed by atoms with Crippen LogP contribution in [0.1, 0.15) is 18.4 Å². The standard InChI is InChI=1S/C19H19ClN2O5S/c1-12-10-15(6-8-17(12)27-2)28(25,26)22-16(7-9-18(22)23)19(24)21-14-5-3-4-13(20)11-14/h3-6,8,10-11,16H,7,9H2,1-2H3,(H,21,24)/t16-/m0/s1. The highest BCUT2D eigenvalue weighted by Crippen LogP contribution is 2.30. The smallest absolute Gasteiger partial charge is 0.267 e. The number of carbonyl (C=O) groups excluding carboxylic acids is 2. The molecule has 0 unspecified atom stereocenters. The minimum atomic E-state index is -4.19. The molecule has 2 aromatic carbocycles. The third-order valence-corrected chi connectivity index (χ3v) is 6.54. The molecule has 148 valence electrons. The van der Waals surface area contributed by atoms with Crippen molar-refractivity contribution in [2.24, 2.45) is 0 Å². The lowest BCUT2D eigenvalue weighted by Crippen LogP contribution is -2.45. The molecule has 2 aromatic rings. The molecule has 1 N–H and O–H groups in total. The van der Waals surface area contributed by atoms with Crippen molar-refractivity contribution in [1.29, 1.82) is 0 Å². The average molecular weight is 423 g/mol. The van der Waals surface area contributed by atoms with Crippen molar-refractivity contribution in [3.8, 4) is 5.75 Å². The van der Waals surface area contributed by atoms with E-state index in [4.69, 9.17) is 16.3 Å². The summed E-state index contributed by atoms with van der Waals surface area (Å²) < 4.78 is 32.0. The molecular formula is C19H19ClN2O5S. The number of amides is 2. The second kappa shape index (κ2) is 7.81. The first kappa shape index (κ1) is 20.2. The van der Waals surface area contributed by atoms with Crippen molar-refractivity contribution in [3.63, 3.8) is 0 Å². The average Bonchev–Trinajstić information content (AvgIpc) is 3.04. The van der Waals surface area contributed by atoms with Gasteiger partial charge in [0.15, 0.2) is 0 Å². The van der Waals surface area contributed by atoms with Gasteiger partial charge < -0.3 is 10.1 Å². The maximum absolute atomic E-state index is 13.1. The first-order valence-corrected chi connectivity index (χ1v) is 10.3. The molecule has 1 heterocycles. The summed E-state index contributed by atoms with van der Waals surface area (Å²) in [5, 5.41) is 3.06. The Balaban J connectivity index is 1.90. The lowest BCUT2D eigenvalue weighted by molar-refractivity contribution is -0.128. The summed E-state index contributed by atoms with van der Waals surface area (Å²) in [7, 11) is -2.71. The predicted octanol–water partition coefficient (Wildman–Crippen LogP) is 2.98. The summed E-state index contributed by atoms with van der Waals surface area (Å²) in [4.78, 5) is 25.0. The summed E-state index contributed by atoms with van der Waals surface area (Å²) in [6.07, 6.45) is 0.0849. The van der Waals surface area contributed by atoms with Crippen LogP contribution in [0.2, 0.25) is 5.02 Å². The number of halogens is 1. The lowest BCUT2D eigenvalue weighted by Gasteiger charge is -2.24. The van der Waals surface area contributed by atoms with Crippen molar-refractivity contribution in [1.82, 2.24) is 4.31 Å². The zero-order valence-corrected chi connectivity index (χ0v) is 16.9. The number of aryl methyl sites for hydroxylation is 1. The van der Waals surface area contributed by atoms with Gasteiger partial charge in [-0.1, -0.05) is 17.7 Å². The number of carbonyl (C=O) groups is 2. The first-order chi connectivity index (χ1) is 13.2. The maximum Gasteiger partial charge on any atom is 0.267 e. The number of nitrogens with one attached hydrogen (secondary N) is 1. The van der Waals surface area contributed by atoms with Crippen LogP contribution in [0.5, 0.6) is 5.75 Å². The van der Waals surface area contributed by atoms with Gasteiger partial charge in [-0.3, -0.25) is 9.59 Å². The van der Waals surface area contributed by atoms with Crippen LogP contribution in [-0.4, -0.2) is 37.7 Å². The highest BCUT2D eigenvalue weighted by Gasteiger charge is 2.44. The third kappa shape index (κ3) is 3.83. The largest absolute Gasteiger partial charge is 0.496 e. The highest BCUT2D eigenvalue weighted by atomic mass is 35.5. The molecule has 0 aliphatic carbocycles. The SMILES string of the molecule is COc1ccc(S(=O)(=O)N2C(=O)CC[C@H]2C(=O)Nc2cccc(Cl)c2)cc1C. The molecule has 1 fully saturated rings. The maximum atomic E-state index is 13.1. The van der Waals surface area contributed by atoms with Gasteiger partial charge in [0.2, 0.25) is 11.8 Å². The van der Waals surface area contributed by atoms with Gasteiger partial charge in [-0.25, -0.2) is 12.7 Å². The Labute approximate surface area is 168 Å².